The predicted octanol–water partition coefficient (Wildman–Crippen LogP) is 1.92. The zero-order chi connectivity index (χ0) is 14.0. The van der Waals surface area contributed by atoms with Crippen molar-refractivity contribution in [2.75, 3.05) is 38.1 Å². The van der Waals surface area contributed by atoms with Crippen molar-refractivity contribution in [2.45, 2.75) is 12.7 Å². The highest BCUT2D eigenvalue weighted by Crippen LogP contribution is 2.33. The summed E-state index contributed by atoms with van der Waals surface area (Å²) in [7, 11) is 2.04. The van der Waals surface area contributed by atoms with E-state index < -0.39 is 11.7 Å². The first-order valence-electron chi connectivity index (χ1n) is 6.25. The zero-order valence-corrected chi connectivity index (χ0v) is 10.9. The molecule has 0 aliphatic carbocycles. The number of likely N-dealkylation sites (N-methyl/N-ethyl adjacent to an activating group) is 1. The van der Waals surface area contributed by atoms with Crippen LogP contribution in [-0.2, 0) is 12.7 Å². The van der Waals surface area contributed by atoms with Gasteiger partial charge in [-0.3, -0.25) is 0 Å². The van der Waals surface area contributed by atoms with Gasteiger partial charge in [0.15, 0.2) is 0 Å². The molecule has 0 radical (unpaired) electrons. The number of nitrogens with two attached hydrogens (primary N) is 1. The number of rotatable bonds is 2. The molecule has 3 nitrogen and oxygen atoms in total. The average molecular weight is 273 g/mol. The van der Waals surface area contributed by atoms with E-state index in [1.807, 2.05) is 7.05 Å². The number of alkyl halides is 3. The van der Waals surface area contributed by atoms with E-state index in [-0.39, 0.29) is 6.54 Å². The minimum atomic E-state index is -4.31. The van der Waals surface area contributed by atoms with Gasteiger partial charge < -0.3 is 15.5 Å². The van der Waals surface area contributed by atoms with E-state index in [2.05, 4.69) is 9.80 Å². The van der Waals surface area contributed by atoms with Gasteiger partial charge in [-0.25, -0.2) is 0 Å². The third kappa shape index (κ3) is 3.19. The van der Waals surface area contributed by atoms with Gasteiger partial charge in [0.2, 0.25) is 0 Å². The van der Waals surface area contributed by atoms with Gasteiger partial charge in [0.1, 0.15) is 0 Å². The summed E-state index contributed by atoms with van der Waals surface area (Å²) in [5.41, 5.74) is 6.34. The number of hydrogen-bond donors (Lipinski definition) is 1. The van der Waals surface area contributed by atoms with Gasteiger partial charge >= 0.3 is 6.18 Å². The molecule has 0 amide bonds. The summed E-state index contributed by atoms with van der Waals surface area (Å²) in [4.78, 5) is 4.30. The fourth-order valence-electron chi connectivity index (χ4n) is 2.28. The first-order valence-corrected chi connectivity index (χ1v) is 6.25. The van der Waals surface area contributed by atoms with Gasteiger partial charge in [0.05, 0.1) is 5.56 Å². The van der Waals surface area contributed by atoms with Gasteiger partial charge in [-0.15, -0.1) is 0 Å². The number of piperazine rings is 1. The molecule has 0 saturated carbocycles. The molecule has 19 heavy (non-hydrogen) atoms. The van der Waals surface area contributed by atoms with Crippen LogP contribution in [0.25, 0.3) is 0 Å². The molecule has 1 aliphatic rings. The molecule has 1 fully saturated rings. The van der Waals surface area contributed by atoms with Crippen LogP contribution in [-0.4, -0.2) is 38.1 Å². The van der Waals surface area contributed by atoms with Gasteiger partial charge in [0.25, 0.3) is 0 Å². The Bertz CT molecular complexity index is 437. The highest BCUT2D eigenvalue weighted by molar-refractivity contribution is 5.55. The number of nitrogens with zero attached hydrogens (tertiary/aromatic N) is 2. The first-order chi connectivity index (χ1) is 8.91. The maximum Gasteiger partial charge on any atom is 0.416 e. The maximum absolute atomic E-state index is 12.7. The second-order valence-corrected chi connectivity index (χ2v) is 4.84. The summed E-state index contributed by atoms with van der Waals surface area (Å²) in [6, 6.07) is 3.83. The summed E-state index contributed by atoms with van der Waals surface area (Å²) in [5, 5.41) is 0. The van der Waals surface area contributed by atoms with Crippen molar-refractivity contribution in [3.05, 3.63) is 29.3 Å². The molecule has 1 heterocycles. The molecule has 106 valence electrons. The van der Waals surface area contributed by atoms with Crippen molar-refractivity contribution < 1.29 is 13.2 Å². The average Bonchev–Trinajstić information content (AvgIpc) is 2.38. The van der Waals surface area contributed by atoms with E-state index in [1.54, 1.807) is 0 Å². The molecule has 2 N–H and O–H groups in total. The molecule has 6 heteroatoms. The fraction of sp³-hybridized carbons (Fsp3) is 0.538. The molecule has 2 rings (SSSR count). The van der Waals surface area contributed by atoms with Crippen LogP contribution in [0.5, 0.6) is 0 Å². The summed E-state index contributed by atoms with van der Waals surface area (Å²) < 4.78 is 38.0. The van der Waals surface area contributed by atoms with Crippen molar-refractivity contribution >= 4 is 5.69 Å². The molecule has 0 atom stereocenters. The molecule has 1 aromatic rings. The molecule has 0 bridgehead atoms. The van der Waals surface area contributed by atoms with Crippen molar-refractivity contribution in [3.8, 4) is 0 Å². The molecule has 0 spiro atoms. The molecular formula is C13H18F3N3. The van der Waals surface area contributed by atoms with E-state index in [0.717, 1.165) is 44.0 Å². The predicted molar refractivity (Wildman–Crippen MR) is 69.0 cm³/mol. The maximum atomic E-state index is 12.7. The van der Waals surface area contributed by atoms with Gasteiger partial charge in [-0.2, -0.15) is 13.2 Å². The SMILES string of the molecule is CN1CCN(c2ccc(C(F)(F)F)cc2CN)CC1. The molecular weight excluding hydrogens is 255 g/mol. The Hall–Kier alpha value is -1.27. The minimum Gasteiger partial charge on any atom is -0.369 e. The molecule has 0 unspecified atom stereocenters. The van der Waals surface area contributed by atoms with E-state index >= 15 is 0 Å². The smallest absolute Gasteiger partial charge is 0.369 e. The minimum absolute atomic E-state index is 0.117. The van der Waals surface area contributed by atoms with Gasteiger partial charge in [0, 0.05) is 38.4 Å². The molecule has 0 aromatic heterocycles. The van der Waals surface area contributed by atoms with Crippen molar-refractivity contribution in [3.63, 3.8) is 0 Å². The number of anilines is 1. The second-order valence-electron chi connectivity index (χ2n) is 4.84. The summed E-state index contributed by atoms with van der Waals surface area (Å²) in [5.74, 6) is 0. The van der Waals surface area contributed by atoms with Crippen molar-refractivity contribution in [1.29, 1.82) is 0 Å². The Morgan fingerprint density at radius 3 is 2.32 bits per heavy atom. The van der Waals surface area contributed by atoms with Crippen LogP contribution in [0.3, 0.4) is 0 Å². The largest absolute Gasteiger partial charge is 0.416 e. The lowest BCUT2D eigenvalue weighted by atomic mass is 10.1. The molecule has 1 aromatic carbocycles. The Morgan fingerprint density at radius 1 is 1.16 bits per heavy atom. The van der Waals surface area contributed by atoms with Crippen LogP contribution < -0.4 is 10.6 Å². The van der Waals surface area contributed by atoms with Crippen molar-refractivity contribution in [1.82, 2.24) is 4.90 Å². The van der Waals surface area contributed by atoms with Crippen LogP contribution in [0, 0.1) is 0 Å². The van der Waals surface area contributed by atoms with Gasteiger partial charge in [-0.05, 0) is 30.8 Å². The highest BCUT2D eigenvalue weighted by Gasteiger charge is 2.31. The van der Waals surface area contributed by atoms with Crippen LogP contribution in [0.15, 0.2) is 18.2 Å². The molecule has 1 saturated heterocycles. The zero-order valence-electron chi connectivity index (χ0n) is 10.9. The standard InChI is InChI=1S/C13H18F3N3/c1-18-4-6-19(7-5-18)12-3-2-11(13(14,15)16)8-10(12)9-17/h2-3,8H,4-7,9,17H2,1H3. The van der Waals surface area contributed by atoms with E-state index in [0.29, 0.717) is 5.56 Å². The normalized spacial score (nSPS) is 17.8. The van der Waals surface area contributed by atoms with Crippen LogP contribution in [0.2, 0.25) is 0 Å². The quantitative estimate of drug-likeness (QED) is 0.893. The summed E-state index contributed by atoms with van der Waals surface area (Å²) >= 11 is 0. The molecule has 1 aliphatic heterocycles. The number of halogens is 3. The van der Waals surface area contributed by atoms with Gasteiger partial charge in [-0.1, -0.05) is 0 Å². The van der Waals surface area contributed by atoms with Crippen LogP contribution >= 0.6 is 0 Å². The van der Waals surface area contributed by atoms with Crippen molar-refractivity contribution in [2.24, 2.45) is 5.73 Å². The van der Waals surface area contributed by atoms with E-state index in [1.165, 1.54) is 6.07 Å². The highest BCUT2D eigenvalue weighted by atomic mass is 19.4. The Balaban J connectivity index is 2.26. The number of hydrogen-bond acceptors (Lipinski definition) is 3. The third-order valence-corrected chi connectivity index (χ3v) is 3.47. The Kier molecular flexibility index (Phi) is 4.01. The number of benzene rings is 1. The monoisotopic (exact) mass is 273 g/mol. The Labute approximate surface area is 110 Å². The third-order valence-electron chi connectivity index (χ3n) is 3.47. The van der Waals surface area contributed by atoms with Crippen LogP contribution in [0.4, 0.5) is 18.9 Å². The van der Waals surface area contributed by atoms with E-state index in [9.17, 15) is 13.2 Å². The van der Waals surface area contributed by atoms with E-state index in [4.69, 9.17) is 5.73 Å². The topological polar surface area (TPSA) is 32.5 Å². The second kappa shape index (κ2) is 5.38. The lowest BCUT2D eigenvalue weighted by Crippen LogP contribution is -2.44. The fourth-order valence-corrected chi connectivity index (χ4v) is 2.28. The summed E-state index contributed by atoms with van der Waals surface area (Å²) in [6.07, 6.45) is -4.31. The summed E-state index contributed by atoms with van der Waals surface area (Å²) in [6.45, 7) is 3.56. The lowest BCUT2D eigenvalue weighted by molar-refractivity contribution is -0.137. The lowest BCUT2D eigenvalue weighted by Gasteiger charge is -2.35. The van der Waals surface area contributed by atoms with Crippen LogP contribution in [0.1, 0.15) is 11.1 Å². The first kappa shape index (κ1) is 14.1. The Morgan fingerprint density at radius 2 is 1.79 bits per heavy atom.